The molecule has 0 fully saturated rings. The minimum Gasteiger partial charge on any atom is -0.480 e. The van der Waals surface area contributed by atoms with Gasteiger partial charge in [0.15, 0.2) is 11.6 Å². The van der Waals surface area contributed by atoms with Crippen molar-refractivity contribution in [2.45, 2.75) is 45.1 Å². The van der Waals surface area contributed by atoms with E-state index in [4.69, 9.17) is 5.11 Å². The molecular weight excluding hydrogens is 280 g/mol. The van der Waals surface area contributed by atoms with Crippen LogP contribution in [0.1, 0.15) is 38.7 Å². The summed E-state index contributed by atoms with van der Waals surface area (Å²) in [5.41, 5.74) is -0.823. The van der Waals surface area contributed by atoms with E-state index in [0.29, 0.717) is 18.4 Å². The average molecular weight is 299 g/mol. The molecule has 4 nitrogen and oxygen atoms in total. The minimum atomic E-state index is -1.31. The molecule has 0 aromatic heterocycles. The Morgan fingerprint density at radius 3 is 2.48 bits per heavy atom. The lowest BCUT2D eigenvalue weighted by molar-refractivity contribution is -0.147. The molecular formula is C15H19F2NO3. The van der Waals surface area contributed by atoms with Crippen LogP contribution in [0.2, 0.25) is 0 Å². The molecule has 0 heterocycles. The fourth-order valence-corrected chi connectivity index (χ4v) is 2.05. The lowest BCUT2D eigenvalue weighted by atomic mass is 9.96. The first-order chi connectivity index (χ1) is 9.78. The number of aliphatic carboxylic acids is 1. The van der Waals surface area contributed by atoms with Gasteiger partial charge in [-0.1, -0.05) is 19.4 Å². The van der Waals surface area contributed by atoms with Crippen LogP contribution in [0.4, 0.5) is 8.78 Å². The Hall–Kier alpha value is -1.98. The number of nitrogens with one attached hydrogen (secondary N) is 1. The summed E-state index contributed by atoms with van der Waals surface area (Å²) in [6, 6.07) is 3.43. The van der Waals surface area contributed by atoms with E-state index < -0.39 is 29.0 Å². The summed E-state index contributed by atoms with van der Waals surface area (Å²) in [7, 11) is 0. The predicted molar refractivity (Wildman–Crippen MR) is 73.8 cm³/mol. The van der Waals surface area contributed by atoms with E-state index in [1.54, 1.807) is 0 Å². The van der Waals surface area contributed by atoms with Gasteiger partial charge in [-0.15, -0.1) is 0 Å². The van der Waals surface area contributed by atoms with Crippen molar-refractivity contribution < 1.29 is 23.5 Å². The van der Waals surface area contributed by atoms with Crippen molar-refractivity contribution in [2.24, 2.45) is 0 Å². The predicted octanol–water partition coefficient (Wildman–Crippen LogP) is 2.66. The molecule has 0 aliphatic carbocycles. The Morgan fingerprint density at radius 1 is 1.29 bits per heavy atom. The molecule has 0 radical (unpaired) electrons. The van der Waals surface area contributed by atoms with Crippen LogP contribution in [0.25, 0.3) is 0 Å². The van der Waals surface area contributed by atoms with E-state index in [0.717, 1.165) is 12.1 Å². The highest BCUT2D eigenvalue weighted by Crippen LogP contribution is 2.14. The summed E-state index contributed by atoms with van der Waals surface area (Å²) in [6.45, 7) is 3.28. The van der Waals surface area contributed by atoms with Crippen molar-refractivity contribution in [1.29, 1.82) is 0 Å². The molecule has 0 bridgehead atoms. The lowest BCUT2D eigenvalue weighted by Crippen LogP contribution is -2.52. The highest BCUT2D eigenvalue weighted by atomic mass is 19.2. The number of benzene rings is 1. The van der Waals surface area contributed by atoms with Crippen molar-refractivity contribution in [1.82, 2.24) is 5.32 Å². The monoisotopic (exact) mass is 299 g/mol. The van der Waals surface area contributed by atoms with Crippen LogP contribution >= 0.6 is 0 Å². The van der Waals surface area contributed by atoms with E-state index in [2.05, 4.69) is 5.32 Å². The maximum atomic E-state index is 13.0. The standard InChI is InChI=1S/C15H19F2NO3/c1-3-8-15(2,14(20)21)18-13(19)7-5-10-4-6-11(16)12(17)9-10/h4,6,9H,3,5,7-8H2,1-2H3,(H,18,19)(H,20,21). The molecule has 116 valence electrons. The summed E-state index contributed by atoms with van der Waals surface area (Å²) in [5.74, 6) is -3.43. The van der Waals surface area contributed by atoms with Gasteiger partial charge in [0.2, 0.25) is 5.91 Å². The topological polar surface area (TPSA) is 66.4 Å². The normalized spacial score (nSPS) is 13.5. The van der Waals surface area contributed by atoms with Crippen LogP contribution in [-0.2, 0) is 16.0 Å². The first kappa shape index (κ1) is 17.1. The number of carboxylic acids is 1. The van der Waals surface area contributed by atoms with Crippen LogP contribution in [0, 0.1) is 11.6 Å². The van der Waals surface area contributed by atoms with Crippen molar-refractivity contribution in [3.05, 3.63) is 35.4 Å². The van der Waals surface area contributed by atoms with Gasteiger partial charge in [0.25, 0.3) is 0 Å². The zero-order chi connectivity index (χ0) is 16.0. The van der Waals surface area contributed by atoms with Gasteiger partial charge >= 0.3 is 5.97 Å². The Kier molecular flexibility index (Phi) is 5.81. The molecule has 1 unspecified atom stereocenters. The first-order valence-corrected chi connectivity index (χ1v) is 6.77. The summed E-state index contributed by atoms with van der Waals surface area (Å²) in [4.78, 5) is 23.0. The molecule has 0 saturated carbocycles. The van der Waals surface area contributed by atoms with Gasteiger partial charge < -0.3 is 10.4 Å². The van der Waals surface area contributed by atoms with Crippen molar-refractivity contribution in [3.63, 3.8) is 0 Å². The summed E-state index contributed by atoms with van der Waals surface area (Å²) in [5, 5.41) is 11.6. The SMILES string of the molecule is CCCC(C)(NC(=O)CCc1ccc(F)c(F)c1)C(=O)O. The first-order valence-electron chi connectivity index (χ1n) is 6.77. The molecule has 0 aliphatic heterocycles. The Labute approximate surface area is 122 Å². The van der Waals surface area contributed by atoms with Gasteiger partial charge in [-0.25, -0.2) is 13.6 Å². The van der Waals surface area contributed by atoms with Crippen molar-refractivity contribution in [2.75, 3.05) is 0 Å². The van der Waals surface area contributed by atoms with E-state index in [9.17, 15) is 18.4 Å². The number of carbonyl (C=O) groups is 2. The van der Waals surface area contributed by atoms with Crippen LogP contribution in [0.15, 0.2) is 18.2 Å². The van der Waals surface area contributed by atoms with E-state index in [1.807, 2.05) is 6.92 Å². The Balaban J connectivity index is 2.60. The van der Waals surface area contributed by atoms with Gasteiger partial charge in [-0.05, 0) is 37.5 Å². The number of carbonyl (C=O) groups excluding carboxylic acids is 1. The van der Waals surface area contributed by atoms with Crippen LogP contribution < -0.4 is 5.32 Å². The molecule has 1 amide bonds. The summed E-state index contributed by atoms with van der Waals surface area (Å²) < 4.78 is 25.8. The molecule has 1 aromatic carbocycles. The molecule has 21 heavy (non-hydrogen) atoms. The highest BCUT2D eigenvalue weighted by molar-refractivity contribution is 5.86. The number of amides is 1. The number of aryl methyl sites for hydroxylation is 1. The molecule has 6 heteroatoms. The van der Waals surface area contributed by atoms with Crippen molar-refractivity contribution >= 4 is 11.9 Å². The number of hydrogen-bond donors (Lipinski definition) is 2. The maximum absolute atomic E-state index is 13.0. The second-order valence-electron chi connectivity index (χ2n) is 5.18. The summed E-state index contributed by atoms with van der Waals surface area (Å²) in [6.07, 6.45) is 1.16. The largest absolute Gasteiger partial charge is 0.480 e. The fourth-order valence-electron chi connectivity index (χ4n) is 2.05. The van der Waals surface area contributed by atoms with Crippen LogP contribution in [0.5, 0.6) is 0 Å². The van der Waals surface area contributed by atoms with E-state index >= 15 is 0 Å². The Morgan fingerprint density at radius 2 is 1.95 bits per heavy atom. The third kappa shape index (κ3) is 4.81. The van der Waals surface area contributed by atoms with Crippen molar-refractivity contribution in [3.8, 4) is 0 Å². The maximum Gasteiger partial charge on any atom is 0.329 e. The number of halogens is 2. The molecule has 0 aliphatic rings. The number of rotatable bonds is 7. The smallest absolute Gasteiger partial charge is 0.329 e. The van der Waals surface area contributed by atoms with Crippen LogP contribution in [0.3, 0.4) is 0 Å². The third-order valence-corrected chi connectivity index (χ3v) is 3.26. The van der Waals surface area contributed by atoms with Gasteiger partial charge in [-0.2, -0.15) is 0 Å². The average Bonchev–Trinajstić information content (AvgIpc) is 2.40. The lowest BCUT2D eigenvalue weighted by Gasteiger charge is -2.25. The van der Waals surface area contributed by atoms with Gasteiger partial charge in [0, 0.05) is 6.42 Å². The molecule has 0 spiro atoms. The minimum absolute atomic E-state index is 0.0116. The van der Waals surface area contributed by atoms with Crippen LogP contribution in [-0.4, -0.2) is 22.5 Å². The van der Waals surface area contributed by atoms with Gasteiger partial charge in [0.1, 0.15) is 5.54 Å². The quantitative estimate of drug-likeness (QED) is 0.813. The number of hydrogen-bond acceptors (Lipinski definition) is 2. The molecule has 1 rings (SSSR count). The van der Waals surface area contributed by atoms with Gasteiger partial charge in [0.05, 0.1) is 0 Å². The van der Waals surface area contributed by atoms with Gasteiger partial charge in [-0.3, -0.25) is 4.79 Å². The second-order valence-corrected chi connectivity index (χ2v) is 5.18. The van der Waals surface area contributed by atoms with E-state index in [1.165, 1.54) is 13.0 Å². The molecule has 1 atom stereocenters. The number of carboxylic acid groups (broad SMARTS) is 1. The zero-order valence-corrected chi connectivity index (χ0v) is 12.1. The summed E-state index contributed by atoms with van der Waals surface area (Å²) >= 11 is 0. The highest BCUT2D eigenvalue weighted by Gasteiger charge is 2.33. The second kappa shape index (κ2) is 7.15. The fraction of sp³-hybridized carbons (Fsp3) is 0.467. The third-order valence-electron chi connectivity index (χ3n) is 3.26. The molecule has 2 N–H and O–H groups in total. The Bertz CT molecular complexity index is 534. The zero-order valence-electron chi connectivity index (χ0n) is 12.1. The molecule has 1 aromatic rings. The molecule has 0 saturated heterocycles. The van der Waals surface area contributed by atoms with E-state index in [-0.39, 0.29) is 12.8 Å².